The highest BCUT2D eigenvalue weighted by Crippen LogP contribution is 2.55. The normalized spacial score (nSPS) is 26.4. The van der Waals surface area contributed by atoms with Gasteiger partial charge in [0.25, 0.3) is 5.91 Å². The fourth-order valence-electron chi connectivity index (χ4n) is 3.30. The molecule has 0 radical (unpaired) electrons. The summed E-state index contributed by atoms with van der Waals surface area (Å²) < 4.78 is 5.31. The number of hydrazine groups is 1. The molecule has 2 amide bonds. The summed E-state index contributed by atoms with van der Waals surface area (Å²) in [6.45, 7) is -0.109. The number of para-hydroxylation sites is 1. The van der Waals surface area contributed by atoms with E-state index in [0.29, 0.717) is 17.6 Å². The van der Waals surface area contributed by atoms with Crippen molar-refractivity contribution < 1.29 is 14.3 Å². The second kappa shape index (κ2) is 6.16. The SMILES string of the molecule is O=C(COc1ccccc1)NNC(=O)C1[C@H]2CCCC[C@H]12. The molecule has 2 aliphatic rings. The fraction of sp³-hybridized carbons (Fsp3) is 0.500. The van der Waals surface area contributed by atoms with Crippen LogP contribution in [-0.2, 0) is 9.59 Å². The van der Waals surface area contributed by atoms with E-state index >= 15 is 0 Å². The standard InChI is InChI=1S/C16H20N2O3/c19-14(10-21-11-6-2-1-3-7-11)17-18-16(20)15-12-8-4-5-9-13(12)15/h1-3,6-7,12-13,15H,4-5,8-10H2,(H,17,19)(H,18,20)/t12-,13-/m0/s1. The van der Waals surface area contributed by atoms with E-state index in [1.807, 2.05) is 18.2 Å². The van der Waals surface area contributed by atoms with Crippen LogP contribution in [0.15, 0.2) is 30.3 Å². The molecule has 0 saturated heterocycles. The van der Waals surface area contributed by atoms with E-state index in [2.05, 4.69) is 10.9 Å². The van der Waals surface area contributed by atoms with Gasteiger partial charge in [0.2, 0.25) is 5.91 Å². The molecule has 112 valence electrons. The molecule has 2 N–H and O–H groups in total. The Balaban J connectivity index is 1.37. The Morgan fingerprint density at radius 2 is 1.71 bits per heavy atom. The van der Waals surface area contributed by atoms with Crippen molar-refractivity contribution in [3.05, 3.63) is 30.3 Å². The van der Waals surface area contributed by atoms with E-state index in [9.17, 15) is 9.59 Å². The first-order valence-electron chi connectivity index (χ1n) is 7.52. The highest BCUT2D eigenvalue weighted by Gasteiger charge is 2.54. The van der Waals surface area contributed by atoms with Crippen molar-refractivity contribution >= 4 is 11.8 Å². The highest BCUT2D eigenvalue weighted by molar-refractivity contribution is 5.86. The largest absolute Gasteiger partial charge is 0.484 e. The molecule has 1 aromatic rings. The smallest absolute Gasteiger partial charge is 0.276 e. The Hall–Kier alpha value is -2.04. The molecule has 2 atom stereocenters. The zero-order valence-corrected chi connectivity index (χ0v) is 11.9. The molecule has 0 heterocycles. The molecule has 2 aliphatic carbocycles. The summed E-state index contributed by atoms with van der Waals surface area (Å²) in [6.07, 6.45) is 4.74. The molecule has 2 saturated carbocycles. The minimum atomic E-state index is -0.351. The van der Waals surface area contributed by atoms with E-state index in [4.69, 9.17) is 4.74 Å². The van der Waals surface area contributed by atoms with Gasteiger partial charge in [0, 0.05) is 5.92 Å². The van der Waals surface area contributed by atoms with Crippen LogP contribution in [0, 0.1) is 17.8 Å². The minimum Gasteiger partial charge on any atom is -0.484 e. The fourth-order valence-corrected chi connectivity index (χ4v) is 3.30. The highest BCUT2D eigenvalue weighted by atomic mass is 16.5. The molecule has 0 spiro atoms. The Bertz CT molecular complexity index is 506. The number of hydrogen-bond acceptors (Lipinski definition) is 3. The number of benzene rings is 1. The summed E-state index contributed by atoms with van der Waals surface area (Å²) in [5.41, 5.74) is 4.94. The molecule has 0 aromatic heterocycles. The van der Waals surface area contributed by atoms with Gasteiger partial charge in [0.15, 0.2) is 6.61 Å². The van der Waals surface area contributed by atoms with Crippen LogP contribution in [0.4, 0.5) is 0 Å². The van der Waals surface area contributed by atoms with E-state index in [1.54, 1.807) is 12.1 Å². The first-order valence-corrected chi connectivity index (χ1v) is 7.52. The molecule has 0 unspecified atom stereocenters. The van der Waals surface area contributed by atoms with Crippen molar-refractivity contribution in [2.75, 3.05) is 6.61 Å². The van der Waals surface area contributed by atoms with Crippen molar-refractivity contribution in [1.29, 1.82) is 0 Å². The number of carbonyl (C=O) groups excluding carboxylic acids is 2. The summed E-state index contributed by atoms with van der Waals surface area (Å²) >= 11 is 0. The maximum atomic E-state index is 12.0. The molecule has 1 aromatic carbocycles. The van der Waals surface area contributed by atoms with Gasteiger partial charge in [0.1, 0.15) is 5.75 Å². The van der Waals surface area contributed by atoms with Gasteiger partial charge in [-0.2, -0.15) is 0 Å². The molecule has 5 nitrogen and oxygen atoms in total. The zero-order valence-electron chi connectivity index (χ0n) is 11.9. The third kappa shape index (κ3) is 3.35. The number of fused-ring (bicyclic) bond motifs is 1. The lowest BCUT2D eigenvalue weighted by atomic mass is 10.0. The van der Waals surface area contributed by atoms with Gasteiger partial charge in [-0.1, -0.05) is 31.0 Å². The molecule has 5 heteroatoms. The molecular weight excluding hydrogens is 268 g/mol. The Kier molecular flexibility index (Phi) is 4.08. The topological polar surface area (TPSA) is 67.4 Å². The van der Waals surface area contributed by atoms with Crippen molar-refractivity contribution in [2.24, 2.45) is 17.8 Å². The Morgan fingerprint density at radius 3 is 2.38 bits per heavy atom. The second-order valence-electron chi connectivity index (χ2n) is 5.78. The first-order chi connectivity index (χ1) is 10.3. The summed E-state index contributed by atoms with van der Waals surface area (Å²) in [4.78, 5) is 23.6. The molecule has 2 fully saturated rings. The number of nitrogens with one attached hydrogen (secondary N) is 2. The number of ether oxygens (including phenoxy) is 1. The van der Waals surface area contributed by atoms with Crippen LogP contribution < -0.4 is 15.6 Å². The van der Waals surface area contributed by atoms with E-state index in [0.717, 1.165) is 12.8 Å². The quantitative estimate of drug-likeness (QED) is 0.828. The van der Waals surface area contributed by atoms with Crippen molar-refractivity contribution in [2.45, 2.75) is 25.7 Å². The summed E-state index contributed by atoms with van der Waals surface area (Å²) in [6, 6.07) is 9.11. The number of rotatable bonds is 4. The van der Waals surface area contributed by atoms with Crippen LogP contribution >= 0.6 is 0 Å². The van der Waals surface area contributed by atoms with Gasteiger partial charge < -0.3 is 4.74 Å². The van der Waals surface area contributed by atoms with E-state index < -0.39 is 0 Å². The lowest BCUT2D eigenvalue weighted by Gasteiger charge is -2.08. The lowest BCUT2D eigenvalue weighted by molar-refractivity contribution is -0.130. The number of carbonyl (C=O) groups is 2. The number of hydrogen-bond donors (Lipinski definition) is 2. The van der Waals surface area contributed by atoms with Gasteiger partial charge in [-0.15, -0.1) is 0 Å². The Labute approximate surface area is 124 Å². The second-order valence-corrected chi connectivity index (χ2v) is 5.78. The van der Waals surface area contributed by atoms with Crippen LogP contribution in [0.3, 0.4) is 0 Å². The third-order valence-electron chi connectivity index (χ3n) is 4.40. The molecule has 3 rings (SSSR count). The van der Waals surface area contributed by atoms with Crippen molar-refractivity contribution in [1.82, 2.24) is 10.9 Å². The molecule has 21 heavy (non-hydrogen) atoms. The predicted octanol–water partition coefficient (Wildman–Crippen LogP) is 1.65. The van der Waals surface area contributed by atoms with Crippen LogP contribution in [0.1, 0.15) is 25.7 Å². The summed E-state index contributed by atoms with van der Waals surface area (Å²) in [7, 11) is 0. The first kappa shape index (κ1) is 13.9. The van der Waals surface area contributed by atoms with Gasteiger partial charge in [-0.25, -0.2) is 0 Å². The average Bonchev–Trinajstić information content (AvgIpc) is 3.26. The summed E-state index contributed by atoms with van der Waals surface area (Å²) in [5, 5.41) is 0. The minimum absolute atomic E-state index is 0.0556. The molecule has 0 aliphatic heterocycles. The third-order valence-corrected chi connectivity index (χ3v) is 4.40. The maximum Gasteiger partial charge on any atom is 0.276 e. The van der Waals surface area contributed by atoms with Crippen LogP contribution in [-0.4, -0.2) is 18.4 Å². The Morgan fingerprint density at radius 1 is 1.05 bits per heavy atom. The van der Waals surface area contributed by atoms with E-state index in [-0.39, 0.29) is 24.3 Å². The van der Waals surface area contributed by atoms with Crippen LogP contribution in [0.25, 0.3) is 0 Å². The lowest BCUT2D eigenvalue weighted by Crippen LogP contribution is -2.44. The molecule has 0 bridgehead atoms. The summed E-state index contributed by atoms with van der Waals surface area (Å²) in [5.74, 6) is 1.40. The van der Waals surface area contributed by atoms with Crippen LogP contribution in [0.5, 0.6) is 5.75 Å². The van der Waals surface area contributed by atoms with Gasteiger partial charge in [-0.05, 0) is 36.8 Å². The van der Waals surface area contributed by atoms with Gasteiger partial charge >= 0.3 is 0 Å². The van der Waals surface area contributed by atoms with E-state index in [1.165, 1.54) is 12.8 Å². The zero-order chi connectivity index (χ0) is 14.7. The molecular formula is C16H20N2O3. The maximum absolute atomic E-state index is 12.0. The number of amides is 2. The predicted molar refractivity (Wildman–Crippen MR) is 77.2 cm³/mol. The van der Waals surface area contributed by atoms with Crippen molar-refractivity contribution in [3.63, 3.8) is 0 Å². The van der Waals surface area contributed by atoms with Gasteiger partial charge in [0.05, 0.1) is 0 Å². The average molecular weight is 288 g/mol. The van der Waals surface area contributed by atoms with Gasteiger partial charge in [-0.3, -0.25) is 20.4 Å². The van der Waals surface area contributed by atoms with Crippen molar-refractivity contribution in [3.8, 4) is 5.75 Å². The monoisotopic (exact) mass is 288 g/mol. The van der Waals surface area contributed by atoms with Crippen LogP contribution in [0.2, 0.25) is 0 Å².